The van der Waals surface area contributed by atoms with Crippen molar-refractivity contribution in [3.05, 3.63) is 48.1 Å². The molecule has 0 heterocycles. The molecule has 0 N–H and O–H groups in total. The third-order valence-corrected chi connectivity index (χ3v) is 9.53. The van der Waals surface area contributed by atoms with Gasteiger partial charge in [0.2, 0.25) is 0 Å². The summed E-state index contributed by atoms with van der Waals surface area (Å²) < 4.78 is 6.53. The van der Waals surface area contributed by atoms with Crippen molar-refractivity contribution >= 4 is 11.6 Å². The summed E-state index contributed by atoms with van der Waals surface area (Å²) in [5.41, 5.74) is 1.43. The van der Waals surface area contributed by atoms with Gasteiger partial charge in [0, 0.05) is 23.0 Å². The van der Waals surface area contributed by atoms with E-state index in [0.29, 0.717) is 29.9 Å². The predicted octanol–water partition coefficient (Wildman–Crippen LogP) is 6.16. The highest BCUT2D eigenvalue weighted by molar-refractivity contribution is 6.09. The van der Waals surface area contributed by atoms with Crippen LogP contribution in [0, 0.1) is 28.6 Å². The first-order valence-electron chi connectivity index (χ1n) is 12.1. The Balaban J connectivity index is 1.69. The van der Waals surface area contributed by atoms with Gasteiger partial charge in [-0.05, 0) is 74.0 Å². The van der Waals surface area contributed by atoms with Crippen molar-refractivity contribution in [1.29, 1.82) is 0 Å². The van der Waals surface area contributed by atoms with E-state index in [4.69, 9.17) is 4.74 Å². The summed E-state index contributed by atoms with van der Waals surface area (Å²) in [4.78, 5) is 25.4. The summed E-state index contributed by atoms with van der Waals surface area (Å²) in [6.07, 6.45) is 13.3. The number of carbonyl (C=O) groups is 2. The third kappa shape index (κ3) is 2.95. The van der Waals surface area contributed by atoms with E-state index in [1.807, 2.05) is 0 Å². The first kappa shape index (κ1) is 22.5. The van der Waals surface area contributed by atoms with Gasteiger partial charge in [-0.3, -0.25) is 9.59 Å². The molecule has 0 unspecified atom stereocenters. The van der Waals surface area contributed by atoms with Crippen LogP contribution in [0.2, 0.25) is 0 Å². The number of ketones is 2. The fourth-order valence-corrected chi connectivity index (χ4v) is 7.54. The van der Waals surface area contributed by atoms with Gasteiger partial charge in [0.25, 0.3) is 0 Å². The molecule has 0 aromatic rings. The molecule has 168 valence electrons. The summed E-state index contributed by atoms with van der Waals surface area (Å²) >= 11 is 0. The molecule has 4 aliphatic rings. The summed E-state index contributed by atoms with van der Waals surface area (Å²) in [6.45, 7) is 17.5. The molecule has 0 radical (unpaired) electrons. The van der Waals surface area contributed by atoms with Crippen molar-refractivity contribution in [2.75, 3.05) is 6.61 Å². The van der Waals surface area contributed by atoms with Gasteiger partial charge in [0.15, 0.2) is 11.6 Å². The molecule has 6 atom stereocenters. The quantitative estimate of drug-likeness (QED) is 0.380. The number of ether oxygens (including phenoxy) is 1. The van der Waals surface area contributed by atoms with Crippen LogP contribution in [0.5, 0.6) is 0 Å². The molecule has 3 nitrogen and oxygen atoms in total. The van der Waals surface area contributed by atoms with Crippen molar-refractivity contribution in [2.24, 2.45) is 28.6 Å². The normalized spacial score (nSPS) is 41.5. The molecule has 2 saturated carbocycles. The molecule has 0 aromatic heterocycles. The number of hydrogen-bond acceptors (Lipinski definition) is 3. The summed E-state index contributed by atoms with van der Waals surface area (Å²) in [7, 11) is 0. The molecule has 0 saturated heterocycles. The minimum Gasteiger partial charge on any atom is -0.367 e. The van der Waals surface area contributed by atoms with Gasteiger partial charge in [-0.15, -0.1) is 0 Å². The van der Waals surface area contributed by atoms with E-state index in [0.717, 1.165) is 56.1 Å². The lowest BCUT2D eigenvalue weighted by atomic mass is 9.47. The van der Waals surface area contributed by atoms with Crippen molar-refractivity contribution in [1.82, 2.24) is 0 Å². The predicted molar refractivity (Wildman–Crippen MR) is 125 cm³/mol. The molecular formula is C28H38O3. The van der Waals surface area contributed by atoms with Gasteiger partial charge in [-0.25, -0.2) is 0 Å². The van der Waals surface area contributed by atoms with Gasteiger partial charge in [-0.1, -0.05) is 58.9 Å². The van der Waals surface area contributed by atoms with E-state index in [1.54, 1.807) is 13.0 Å². The minimum absolute atomic E-state index is 0.0156. The van der Waals surface area contributed by atoms with Crippen LogP contribution in [-0.2, 0) is 14.3 Å². The van der Waals surface area contributed by atoms with Gasteiger partial charge >= 0.3 is 0 Å². The maximum atomic E-state index is 13.1. The number of hydrogen-bond donors (Lipinski definition) is 0. The van der Waals surface area contributed by atoms with Crippen LogP contribution in [0.25, 0.3) is 0 Å². The average Bonchev–Trinajstić information content (AvgIpc) is 3.04. The van der Waals surface area contributed by atoms with Gasteiger partial charge in [-0.2, -0.15) is 0 Å². The highest BCUT2D eigenvalue weighted by Gasteiger charge is 2.66. The Hall–Kier alpha value is -1.74. The lowest BCUT2D eigenvalue weighted by molar-refractivity contribution is -0.171. The zero-order valence-corrected chi connectivity index (χ0v) is 19.8. The largest absolute Gasteiger partial charge is 0.367 e. The topological polar surface area (TPSA) is 43.4 Å². The number of carbonyl (C=O) groups excluding carboxylic acids is 2. The lowest BCUT2D eigenvalue weighted by Gasteiger charge is -2.58. The van der Waals surface area contributed by atoms with E-state index < -0.39 is 5.60 Å². The third-order valence-electron chi connectivity index (χ3n) is 9.53. The van der Waals surface area contributed by atoms with Crippen molar-refractivity contribution in [2.45, 2.75) is 78.2 Å². The van der Waals surface area contributed by atoms with Gasteiger partial charge in [0.1, 0.15) is 5.60 Å². The fraction of sp³-hybridized carbons (Fsp3) is 0.643. The van der Waals surface area contributed by atoms with Crippen LogP contribution >= 0.6 is 0 Å². The molecular weight excluding hydrogens is 384 g/mol. The molecule has 31 heavy (non-hydrogen) atoms. The van der Waals surface area contributed by atoms with Crippen molar-refractivity contribution in [3.8, 4) is 0 Å². The Kier molecular flexibility index (Phi) is 5.57. The van der Waals surface area contributed by atoms with Crippen LogP contribution in [0.15, 0.2) is 48.1 Å². The van der Waals surface area contributed by atoms with E-state index >= 15 is 0 Å². The Bertz CT molecular complexity index is 892. The Morgan fingerprint density at radius 3 is 2.55 bits per heavy atom. The molecule has 0 bridgehead atoms. The Morgan fingerprint density at radius 2 is 1.87 bits per heavy atom. The number of allylic oxidation sites excluding steroid dienone is 6. The van der Waals surface area contributed by atoms with Crippen LogP contribution < -0.4 is 0 Å². The number of rotatable bonds is 6. The van der Waals surface area contributed by atoms with Crippen molar-refractivity contribution in [3.63, 3.8) is 0 Å². The highest BCUT2D eigenvalue weighted by atomic mass is 16.5. The van der Waals surface area contributed by atoms with E-state index in [2.05, 4.69) is 46.1 Å². The molecule has 2 fully saturated rings. The molecule has 0 amide bonds. The summed E-state index contributed by atoms with van der Waals surface area (Å²) in [5.74, 6) is 1.31. The Labute approximate surface area is 187 Å². The maximum absolute atomic E-state index is 13.1. The van der Waals surface area contributed by atoms with Gasteiger partial charge < -0.3 is 4.74 Å². The Morgan fingerprint density at radius 1 is 1.16 bits per heavy atom. The minimum atomic E-state index is -0.662. The van der Waals surface area contributed by atoms with Crippen LogP contribution in [-0.4, -0.2) is 23.8 Å². The van der Waals surface area contributed by atoms with Crippen LogP contribution in [0.4, 0.5) is 0 Å². The van der Waals surface area contributed by atoms with Crippen LogP contribution in [0.3, 0.4) is 0 Å². The number of fused-ring (bicyclic) bond motifs is 5. The molecule has 4 aliphatic carbocycles. The fourth-order valence-electron chi connectivity index (χ4n) is 7.54. The van der Waals surface area contributed by atoms with Crippen LogP contribution in [0.1, 0.15) is 72.6 Å². The monoisotopic (exact) mass is 422 g/mol. The van der Waals surface area contributed by atoms with Gasteiger partial charge in [0.05, 0.1) is 0 Å². The zero-order chi connectivity index (χ0) is 22.6. The maximum Gasteiger partial charge on any atom is 0.185 e. The smallest absolute Gasteiger partial charge is 0.185 e. The SMILES string of the molecule is C=C1C(=C)[C@@]2(C)C(=CC1=O)C=C[C@@H]1[C@@H]2CC[C@@]2(C)[C@H]1CC[C@]2(OCCCCC)C(C)=O. The molecule has 0 aromatic carbocycles. The summed E-state index contributed by atoms with van der Waals surface area (Å²) in [5, 5.41) is 0. The average molecular weight is 423 g/mol. The zero-order valence-electron chi connectivity index (χ0n) is 19.8. The second-order valence-electron chi connectivity index (χ2n) is 10.7. The highest BCUT2D eigenvalue weighted by Crippen LogP contribution is 2.67. The summed E-state index contributed by atoms with van der Waals surface area (Å²) in [6, 6.07) is 0. The molecule has 0 spiro atoms. The van der Waals surface area contributed by atoms with E-state index in [-0.39, 0.29) is 22.4 Å². The first-order chi connectivity index (χ1) is 14.6. The standard InChI is InChI=1S/C28H38O3/c1-7-8-9-16-31-28(20(4)29)15-13-23-22-11-10-21-17-25(30)18(2)19(3)27(21,6)24(22)12-14-26(23,28)5/h10-11,17,22-24H,2-3,7-9,12-16H2,1,4-6H3/t22-,23-,24-,26-,27-,28-/m0/s1. The lowest BCUT2D eigenvalue weighted by Crippen LogP contribution is -2.57. The molecule has 0 aliphatic heterocycles. The second-order valence-corrected chi connectivity index (χ2v) is 10.7. The molecule has 3 heteroatoms. The number of unbranched alkanes of at least 4 members (excludes halogenated alkanes) is 2. The van der Waals surface area contributed by atoms with E-state index in [9.17, 15) is 9.59 Å². The van der Waals surface area contributed by atoms with E-state index in [1.165, 1.54) is 0 Å². The van der Waals surface area contributed by atoms with Crippen molar-refractivity contribution < 1.29 is 14.3 Å². The number of Topliss-reactive ketones (excluding diaryl/α,β-unsaturated/α-hetero) is 1. The second kappa shape index (κ2) is 7.69. The first-order valence-corrected chi connectivity index (χ1v) is 12.1. The molecule has 4 rings (SSSR count).